The van der Waals surface area contributed by atoms with Crippen molar-refractivity contribution in [3.05, 3.63) is 58.9 Å². The number of sulfone groups is 1. The van der Waals surface area contributed by atoms with Gasteiger partial charge in [-0.2, -0.15) is 0 Å². The summed E-state index contributed by atoms with van der Waals surface area (Å²) in [5, 5.41) is 2.81. The number of benzene rings is 2. The molecule has 0 fully saturated rings. The van der Waals surface area contributed by atoms with Crippen LogP contribution in [0.5, 0.6) is 0 Å². The number of anilines is 1. The van der Waals surface area contributed by atoms with Crippen LogP contribution in [0.4, 0.5) is 10.1 Å². The molecule has 8 heteroatoms. The van der Waals surface area contributed by atoms with Crippen molar-refractivity contribution in [3.63, 3.8) is 0 Å². The fourth-order valence-electron chi connectivity index (χ4n) is 1.89. The van der Waals surface area contributed by atoms with Crippen molar-refractivity contribution in [1.82, 2.24) is 0 Å². The van der Waals surface area contributed by atoms with Gasteiger partial charge in [-0.15, -0.1) is 0 Å². The van der Waals surface area contributed by atoms with Crippen molar-refractivity contribution in [2.45, 2.75) is 11.5 Å². The lowest BCUT2D eigenvalue weighted by Gasteiger charge is -2.09. The highest BCUT2D eigenvalue weighted by Gasteiger charge is 2.13. The molecule has 0 saturated heterocycles. The molecule has 0 heterocycles. The van der Waals surface area contributed by atoms with E-state index in [1.165, 1.54) is 0 Å². The predicted octanol–water partition coefficient (Wildman–Crippen LogP) is 3.04. The predicted molar refractivity (Wildman–Crippen MR) is 89.2 cm³/mol. The number of carbonyl (C=O) groups excluding carboxylic acids is 1. The number of amides is 1. The summed E-state index contributed by atoms with van der Waals surface area (Å²) in [5.41, 5.74) is 0.501. The second-order valence-electron chi connectivity index (χ2n) is 5.05. The van der Waals surface area contributed by atoms with Crippen LogP contribution in [0.15, 0.2) is 47.4 Å². The van der Waals surface area contributed by atoms with Gasteiger partial charge in [0.15, 0.2) is 9.84 Å². The van der Waals surface area contributed by atoms with Crippen LogP contribution in [-0.4, -0.2) is 27.2 Å². The zero-order chi connectivity index (χ0) is 17.7. The van der Waals surface area contributed by atoms with E-state index < -0.39 is 21.6 Å². The molecule has 0 saturated carbocycles. The van der Waals surface area contributed by atoms with Crippen LogP contribution in [0.1, 0.15) is 5.56 Å². The lowest BCUT2D eigenvalue weighted by atomic mass is 10.2. The third-order valence-corrected chi connectivity index (χ3v) is 4.57. The van der Waals surface area contributed by atoms with E-state index in [4.69, 9.17) is 16.3 Å². The summed E-state index contributed by atoms with van der Waals surface area (Å²) in [6.45, 7) is -0.202. The molecule has 2 rings (SSSR count). The van der Waals surface area contributed by atoms with Gasteiger partial charge in [-0.25, -0.2) is 12.8 Å². The molecular weight excluding hydrogens is 357 g/mol. The molecular formula is C16H15ClFNO4S. The summed E-state index contributed by atoms with van der Waals surface area (Å²) in [6.07, 6.45) is 0.999. The number of carbonyl (C=O) groups is 1. The van der Waals surface area contributed by atoms with Gasteiger partial charge in [-0.1, -0.05) is 29.8 Å². The maximum absolute atomic E-state index is 13.7. The van der Waals surface area contributed by atoms with E-state index in [9.17, 15) is 17.6 Å². The Hall–Kier alpha value is -1.96. The number of ether oxygens (including phenoxy) is 1. The Kier molecular flexibility index (Phi) is 5.93. The molecule has 128 valence electrons. The van der Waals surface area contributed by atoms with Gasteiger partial charge < -0.3 is 10.1 Å². The molecule has 1 amide bonds. The van der Waals surface area contributed by atoms with E-state index in [2.05, 4.69) is 5.32 Å². The molecule has 1 N–H and O–H groups in total. The summed E-state index contributed by atoms with van der Waals surface area (Å²) in [5.74, 6) is -1.34. The molecule has 0 unspecified atom stereocenters. The minimum atomic E-state index is -3.50. The highest BCUT2D eigenvalue weighted by molar-refractivity contribution is 7.90. The fraction of sp³-hybridized carbons (Fsp3) is 0.188. The SMILES string of the molecule is CS(=O)(=O)c1ccc(F)c(NC(=O)COCc2ccccc2Cl)c1. The largest absolute Gasteiger partial charge is 0.367 e. The molecule has 0 aromatic heterocycles. The summed E-state index contributed by atoms with van der Waals surface area (Å²) in [4.78, 5) is 11.7. The van der Waals surface area contributed by atoms with E-state index in [-0.39, 0.29) is 23.8 Å². The van der Waals surface area contributed by atoms with Crippen LogP contribution in [-0.2, 0) is 26.0 Å². The molecule has 0 bridgehead atoms. The number of rotatable bonds is 6. The van der Waals surface area contributed by atoms with Crippen LogP contribution >= 0.6 is 11.6 Å². The van der Waals surface area contributed by atoms with Crippen LogP contribution in [0, 0.1) is 5.82 Å². The molecule has 24 heavy (non-hydrogen) atoms. The number of nitrogens with one attached hydrogen (secondary N) is 1. The Morgan fingerprint density at radius 3 is 2.62 bits per heavy atom. The van der Waals surface area contributed by atoms with Gasteiger partial charge in [0.2, 0.25) is 5.91 Å². The quantitative estimate of drug-likeness (QED) is 0.792. The second kappa shape index (κ2) is 7.74. The topological polar surface area (TPSA) is 72.5 Å². The molecule has 5 nitrogen and oxygen atoms in total. The first-order valence-corrected chi connectivity index (χ1v) is 9.15. The third-order valence-electron chi connectivity index (χ3n) is 3.09. The van der Waals surface area contributed by atoms with Crippen molar-refractivity contribution in [2.75, 3.05) is 18.2 Å². The number of hydrogen-bond donors (Lipinski definition) is 1. The van der Waals surface area contributed by atoms with E-state index in [0.29, 0.717) is 5.02 Å². The van der Waals surface area contributed by atoms with E-state index >= 15 is 0 Å². The highest BCUT2D eigenvalue weighted by Crippen LogP contribution is 2.20. The van der Waals surface area contributed by atoms with Gasteiger partial charge in [0.25, 0.3) is 0 Å². The molecule has 0 aliphatic rings. The van der Waals surface area contributed by atoms with Gasteiger partial charge in [0, 0.05) is 11.3 Å². The fourth-order valence-corrected chi connectivity index (χ4v) is 2.72. The van der Waals surface area contributed by atoms with E-state index in [1.54, 1.807) is 24.3 Å². The molecule has 0 atom stereocenters. The van der Waals surface area contributed by atoms with Gasteiger partial charge in [0.05, 0.1) is 17.2 Å². The summed E-state index contributed by atoms with van der Waals surface area (Å²) in [7, 11) is -3.50. The second-order valence-corrected chi connectivity index (χ2v) is 7.47. The van der Waals surface area contributed by atoms with Crippen LogP contribution in [0.3, 0.4) is 0 Å². The first-order chi connectivity index (χ1) is 11.3. The van der Waals surface area contributed by atoms with Crippen molar-refractivity contribution in [3.8, 4) is 0 Å². The van der Waals surface area contributed by atoms with Crippen molar-refractivity contribution < 1.29 is 22.3 Å². The lowest BCUT2D eigenvalue weighted by Crippen LogP contribution is -2.19. The molecule has 2 aromatic carbocycles. The third kappa shape index (κ3) is 5.02. The van der Waals surface area contributed by atoms with Crippen LogP contribution in [0.2, 0.25) is 5.02 Å². The van der Waals surface area contributed by atoms with E-state index in [1.807, 2.05) is 0 Å². The van der Waals surface area contributed by atoms with Crippen LogP contribution < -0.4 is 5.32 Å². The zero-order valence-corrected chi connectivity index (χ0v) is 14.3. The molecule has 2 aromatic rings. The van der Waals surface area contributed by atoms with Crippen molar-refractivity contribution in [1.29, 1.82) is 0 Å². The smallest absolute Gasteiger partial charge is 0.250 e. The molecule has 0 radical (unpaired) electrons. The first kappa shape index (κ1) is 18.4. The Morgan fingerprint density at radius 1 is 1.25 bits per heavy atom. The van der Waals surface area contributed by atoms with Crippen LogP contribution in [0.25, 0.3) is 0 Å². The van der Waals surface area contributed by atoms with Gasteiger partial charge in [0.1, 0.15) is 12.4 Å². The summed E-state index contributed by atoms with van der Waals surface area (Å²) in [6, 6.07) is 10.2. The molecule has 0 aliphatic heterocycles. The first-order valence-electron chi connectivity index (χ1n) is 6.88. The minimum absolute atomic E-state index is 0.0869. The van der Waals surface area contributed by atoms with Gasteiger partial charge in [-0.3, -0.25) is 4.79 Å². The average molecular weight is 372 g/mol. The lowest BCUT2D eigenvalue weighted by molar-refractivity contribution is -0.121. The van der Waals surface area contributed by atoms with Gasteiger partial charge in [-0.05, 0) is 29.8 Å². The van der Waals surface area contributed by atoms with Crippen molar-refractivity contribution in [2.24, 2.45) is 0 Å². The van der Waals surface area contributed by atoms with Gasteiger partial charge >= 0.3 is 0 Å². The summed E-state index contributed by atoms with van der Waals surface area (Å²) >= 11 is 5.96. The van der Waals surface area contributed by atoms with E-state index in [0.717, 1.165) is 30.0 Å². The molecule has 0 spiro atoms. The Balaban J connectivity index is 1.96. The standard InChI is InChI=1S/C16H15ClFNO4S/c1-24(21,22)12-6-7-14(18)15(8-12)19-16(20)10-23-9-11-4-2-3-5-13(11)17/h2-8H,9-10H2,1H3,(H,19,20). The Labute approximate surface area is 144 Å². The highest BCUT2D eigenvalue weighted by atomic mass is 35.5. The van der Waals surface area contributed by atoms with Crippen molar-refractivity contribution >= 4 is 33.0 Å². The maximum Gasteiger partial charge on any atom is 0.250 e. The molecule has 0 aliphatic carbocycles. The monoisotopic (exact) mass is 371 g/mol. The normalized spacial score (nSPS) is 11.3. The zero-order valence-electron chi connectivity index (χ0n) is 12.8. The number of hydrogen-bond acceptors (Lipinski definition) is 4. The Morgan fingerprint density at radius 2 is 1.96 bits per heavy atom. The average Bonchev–Trinajstić information content (AvgIpc) is 2.50. The number of halogens is 2. The Bertz CT molecular complexity index is 855. The summed E-state index contributed by atoms with van der Waals surface area (Å²) < 4.78 is 41.9. The maximum atomic E-state index is 13.7. The minimum Gasteiger partial charge on any atom is -0.367 e.